The van der Waals surface area contributed by atoms with Gasteiger partial charge in [-0.25, -0.2) is 8.42 Å². The summed E-state index contributed by atoms with van der Waals surface area (Å²) in [5.74, 6) is 0.762. The van der Waals surface area contributed by atoms with Crippen LogP contribution < -0.4 is 19.1 Å². The summed E-state index contributed by atoms with van der Waals surface area (Å²) in [5.41, 5.74) is 3.00. The molecule has 29 heavy (non-hydrogen) atoms. The Balaban J connectivity index is 1.90. The minimum atomic E-state index is -3.68. The Morgan fingerprint density at radius 1 is 1.07 bits per heavy atom. The second-order valence-corrected chi connectivity index (χ2v) is 8.96. The molecule has 0 saturated heterocycles. The molecule has 0 saturated carbocycles. The van der Waals surface area contributed by atoms with Crippen molar-refractivity contribution >= 4 is 27.3 Å². The van der Waals surface area contributed by atoms with E-state index in [4.69, 9.17) is 9.47 Å². The topological polar surface area (TPSA) is 84.9 Å². The number of carbonyl (C=O) groups excluding carboxylic acids is 1. The van der Waals surface area contributed by atoms with Crippen molar-refractivity contribution in [2.75, 3.05) is 29.1 Å². The van der Waals surface area contributed by atoms with E-state index >= 15 is 0 Å². The van der Waals surface area contributed by atoms with Crippen LogP contribution in [0.2, 0.25) is 0 Å². The van der Waals surface area contributed by atoms with Crippen LogP contribution in [-0.2, 0) is 14.8 Å². The van der Waals surface area contributed by atoms with Crippen LogP contribution >= 0.6 is 0 Å². The van der Waals surface area contributed by atoms with E-state index in [9.17, 15) is 13.2 Å². The van der Waals surface area contributed by atoms with Gasteiger partial charge in [0.25, 0.3) is 0 Å². The molecular formula is C21H26N2O5S. The molecule has 0 aromatic heterocycles. The van der Waals surface area contributed by atoms with Crippen molar-refractivity contribution in [1.82, 2.24) is 0 Å². The molecule has 0 bridgehead atoms. The molecule has 156 valence electrons. The molecule has 1 amide bonds. The predicted molar refractivity (Wildman–Crippen MR) is 113 cm³/mol. The van der Waals surface area contributed by atoms with Gasteiger partial charge in [0, 0.05) is 11.8 Å². The molecule has 1 atom stereocenters. The van der Waals surface area contributed by atoms with Crippen molar-refractivity contribution in [3.63, 3.8) is 0 Å². The average molecular weight is 419 g/mol. The Hall–Kier alpha value is -2.74. The number of sulfonamides is 1. The summed E-state index contributed by atoms with van der Waals surface area (Å²) in [6.45, 7) is 6.57. The van der Waals surface area contributed by atoms with Gasteiger partial charge in [0.1, 0.15) is 19.3 Å². The summed E-state index contributed by atoms with van der Waals surface area (Å²) >= 11 is 0. The Morgan fingerprint density at radius 3 is 2.38 bits per heavy atom. The maximum absolute atomic E-state index is 13.0. The van der Waals surface area contributed by atoms with Gasteiger partial charge in [-0.15, -0.1) is 0 Å². The van der Waals surface area contributed by atoms with Crippen LogP contribution in [0.5, 0.6) is 11.5 Å². The van der Waals surface area contributed by atoms with Gasteiger partial charge >= 0.3 is 0 Å². The lowest BCUT2D eigenvalue weighted by Crippen LogP contribution is -2.47. The first-order valence-electron chi connectivity index (χ1n) is 9.48. The number of anilines is 2. The highest BCUT2D eigenvalue weighted by molar-refractivity contribution is 7.92. The van der Waals surface area contributed by atoms with Gasteiger partial charge in [0.2, 0.25) is 15.9 Å². The zero-order chi connectivity index (χ0) is 21.2. The SMILES string of the molecule is CCC(C(=O)Nc1ccc2c(c1)OCCO2)N(c1ccc(C)c(C)c1)S(C)(=O)=O. The smallest absolute Gasteiger partial charge is 0.248 e. The van der Waals surface area contributed by atoms with Crippen molar-refractivity contribution in [2.24, 2.45) is 0 Å². The minimum Gasteiger partial charge on any atom is -0.486 e. The Labute approximate surface area is 171 Å². The van der Waals surface area contributed by atoms with Gasteiger partial charge in [-0.05, 0) is 55.7 Å². The van der Waals surface area contributed by atoms with Crippen LogP contribution in [0.15, 0.2) is 36.4 Å². The number of hydrogen-bond donors (Lipinski definition) is 1. The van der Waals surface area contributed by atoms with E-state index in [2.05, 4.69) is 5.32 Å². The highest BCUT2D eigenvalue weighted by Crippen LogP contribution is 2.33. The molecule has 1 heterocycles. The number of nitrogens with zero attached hydrogens (tertiary/aromatic N) is 1. The molecular weight excluding hydrogens is 392 g/mol. The van der Waals surface area contributed by atoms with Gasteiger partial charge < -0.3 is 14.8 Å². The van der Waals surface area contributed by atoms with Gasteiger partial charge in [-0.1, -0.05) is 13.0 Å². The van der Waals surface area contributed by atoms with E-state index in [1.54, 1.807) is 37.3 Å². The molecule has 1 unspecified atom stereocenters. The fourth-order valence-electron chi connectivity index (χ4n) is 3.27. The third kappa shape index (κ3) is 4.64. The van der Waals surface area contributed by atoms with E-state index in [1.165, 1.54) is 4.31 Å². The van der Waals surface area contributed by atoms with Crippen molar-refractivity contribution in [3.8, 4) is 11.5 Å². The second-order valence-electron chi connectivity index (χ2n) is 7.10. The van der Waals surface area contributed by atoms with Crippen LogP contribution in [0.4, 0.5) is 11.4 Å². The Bertz CT molecular complexity index is 1020. The lowest BCUT2D eigenvalue weighted by atomic mass is 10.1. The molecule has 2 aromatic rings. The number of benzene rings is 2. The van der Waals surface area contributed by atoms with Crippen LogP contribution in [0.3, 0.4) is 0 Å². The van der Waals surface area contributed by atoms with Gasteiger partial charge in [0.05, 0.1) is 11.9 Å². The van der Waals surface area contributed by atoms with Crippen molar-refractivity contribution in [1.29, 1.82) is 0 Å². The minimum absolute atomic E-state index is 0.316. The zero-order valence-corrected chi connectivity index (χ0v) is 17.9. The second kappa shape index (κ2) is 8.32. The third-order valence-corrected chi connectivity index (χ3v) is 6.06. The first-order valence-corrected chi connectivity index (χ1v) is 11.3. The number of amides is 1. The molecule has 8 heteroatoms. The lowest BCUT2D eigenvalue weighted by molar-refractivity contribution is -0.117. The van der Waals surface area contributed by atoms with Crippen molar-refractivity contribution in [2.45, 2.75) is 33.2 Å². The molecule has 7 nitrogen and oxygen atoms in total. The standard InChI is InChI=1S/C21H26N2O5S/c1-5-18(23(29(4,25)26)17-8-6-14(2)15(3)12-17)21(24)22-16-7-9-19-20(13-16)28-11-10-27-19/h6-9,12-13,18H,5,10-11H2,1-4H3,(H,22,24). The summed E-state index contributed by atoms with van der Waals surface area (Å²) in [4.78, 5) is 13.0. The van der Waals surface area contributed by atoms with Crippen molar-refractivity contribution < 1.29 is 22.7 Å². The normalized spacial score (nSPS) is 14.2. The number of aryl methyl sites for hydroxylation is 2. The van der Waals surface area contributed by atoms with Gasteiger partial charge in [0.15, 0.2) is 11.5 Å². The fraction of sp³-hybridized carbons (Fsp3) is 0.381. The first-order chi connectivity index (χ1) is 13.7. The largest absolute Gasteiger partial charge is 0.486 e. The summed E-state index contributed by atoms with van der Waals surface area (Å²) in [6, 6.07) is 9.59. The summed E-state index contributed by atoms with van der Waals surface area (Å²) in [5, 5.41) is 2.81. The van der Waals surface area contributed by atoms with E-state index in [1.807, 2.05) is 19.9 Å². The van der Waals surface area contributed by atoms with Crippen LogP contribution in [-0.4, -0.2) is 39.8 Å². The van der Waals surface area contributed by atoms with E-state index in [0.717, 1.165) is 17.4 Å². The van der Waals surface area contributed by atoms with Crippen LogP contribution in [0, 0.1) is 13.8 Å². The Kier molecular flexibility index (Phi) is 6.02. The highest BCUT2D eigenvalue weighted by atomic mass is 32.2. The predicted octanol–water partition coefficient (Wildman–Crippen LogP) is 3.26. The quantitative estimate of drug-likeness (QED) is 0.778. The third-order valence-electron chi connectivity index (χ3n) is 4.88. The molecule has 1 aliphatic rings. The number of fused-ring (bicyclic) bond motifs is 1. The van der Waals surface area contributed by atoms with Gasteiger partial charge in [-0.2, -0.15) is 0 Å². The van der Waals surface area contributed by atoms with Crippen LogP contribution in [0.25, 0.3) is 0 Å². The van der Waals surface area contributed by atoms with E-state index in [-0.39, 0.29) is 0 Å². The first kappa shape index (κ1) is 21.0. The molecule has 0 aliphatic carbocycles. The number of hydrogen-bond acceptors (Lipinski definition) is 5. The number of nitrogens with one attached hydrogen (secondary N) is 1. The van der Waals surface area contributed by atoms with Crippen molar-refractivity contribution in [3.05, 3.63) is 47.5 Å². The summed E-state index contributed by atoms with van der Waals surface area (Å²) < 4.78 is 37.4. The van der Waals surface area contributed by atoms with E-state index < -0.39 is 22.0 Å². The molecule has 0 radical (unpaired) electrons. The number of rotatable bonds is 6. The maximum Gasteiger partial charge on any atom is 0.248 e. The fourth-order valence-corrected chi connectivity index (χ4v) is 4.47. The van der Waals surface area contributed by atoms with Crippen LogP contribution in [0.1, 0.15) is 24.5 Å². The zero-order valence-electron chi connectivity index (χ0n) is 17.1. The van der Waals surface area contributed by atoms with Gasteiger partial charge in [-0.3, -0.25) is 9.10 Å². The number of ether oxygens (including phenoxy) is 2. The summed E-state index contributed by atoms with van der Waals surface area (Å²) in [7, 11) is -3.68. The molecule has 2 aromatic carbocycles. The molecule has 3 rings (SSSR count). The lowest BCUT2D eigenvalue weighted by Gasteiger charge is -2.30. The Morgan fingerprint density at radius 2 is 1.76 bits per heavy atom. The molecule has 1 N–H and O–H groups in total. The molecule has 1 aliphatic heterocycles. The number of carbonyl (C=O) groups is 1. The average Bonchev–Trinajstić information content (AvgIpc) is 2.67. The molecule has 0 fully saturated rings. The maximum atomic E-state index is 13.0. The summed E-state index contributed by atoms with van der Waals surface area (Å²) in [6.07, 6.45) is 1.43. The molecule has 0 spiro atoms. The van der Waals surface area contributed by atoms with E-state index in [0.29, 0.717) is 42.5 Å². The monoisotopic (exact) mass is 418 g/mol. The highest BCUT2D eigenvalue weighted by Gasteiger charge is 2.32.